The number of rotatable bonds is 14. The third-order valence-electron chi connectivity index (χ3n) is 13.0. The molecule has 2 aromatic heterocycles. The van der Waals surface area contributed by atoms with E-state index in [4.69, 9.17) is 18.9 Å². The summed E-state index contributed by atoms with van der Waals surface area (Å²) in [7, 11) is -2.54. The van der Waals surface area contributed by atoms with Crippen molar-refractivity contribution in [3.05, 3.63) is 102 Å². The second kappa shape index (κ2) is 19.3. The summed E-state index contributed by atoms with van der Waals surface area (Å²) in [6, 6.07) is 11.7. The number of amides is 4. The minimum atomic E-state index is -2.54. The standard InChI is InChI=1S/C48H62F2N8O7Si/c1-31(65-66(8,9)48(5,6)7)45(61)57(26-34-25-55(46(62)64-47(2,3)4)30-40(34)58-28-36(52-53-58)27-56-41(59)17-18-42(56)60)43(33-19-21-63-22-20-33)44-51-39(37-23-35(49)15-16-38(37)50)29-54(44)24-32-13-11-10-12-14-32/h10-18,23,28-29,31,33-34,40,43H,19-22,24-27,30H2,1-9H3/t31-,34?,40?,43?/m0/s1. The van der Waals surface area contributed by atoms with Gasteiger partial charge >= 0.3 is 6.09 Å². The van der Waals surface area contributed by atoms with Gasteiger partial charge < -0.3 is 28.3 Å². The SMILES string of the molecule is C[C@H](O[Si](C)(C)C(C)(C)C)C(=O)N(CC1CN(C(=O)OC(C)(C)C)CC1n1cc(CN2C(=O)C=CC2=O)nn1)C(c1nc(-c2cc(F)ccc2F)cn1Cc1ccccc1)C1CCOCC1. The lowest BCUT2D eigenvalue weighted by Gasteiger charge is -2.43. The predicted octanol–water partition coefficient (Wildman–Crippen LogP) is 7.71. The number of imide groups is 1. The maximum absolute atomic E-state index is 15.7. The molecule has 15 nitrogen and oxygen atoms in total. The van der Waals surface area contributed by atoms with Gasteiger partial charge in [0.15, 0.2) is 8.32 Å². The Kier molecular flexibility index (Phi) is 14.2. The lowest BCUT2D eigenvalue weighted by molar-refractivity contribution is -0.145. The number of nitrogens with zero attached hydrogens (tertiary/aromatic N) is 8. The quantitative estimate of drug-likeness (QED) is 0.0908. The molecule has 3 aliphatic heterocycles. The molecule has 5 heterocycles. The molecule has 7 rings (SSSR count). The van der Waals surface area contributed by atoms with Gasteiger partial charge in [-0.3, -0.25) is 19.3 Å². The van der Waals surface area contributed by atoms with E-state index in [2.05, 4.69) is 44.2 Å². The van der Waals surface area contributed by atoms with E-state index < -0.39 is 67.6 Å². The van der Waals surface area contributed by atoms with Crippen LogP contribution in [-0.4, -0.2) is 116 Å². The van der Waals surface area contributed by atoms with Gasteiger partial charge in [-0.15, -0.1) is 5.10 Å². The minimum Gasteiger partial charge on any atom is -0.444 e. The van der Waals surface area contributed by atoms with Gasteiger partial charge in [0, 0.05) is 69.2 Å². The molecule has 4 amide bonds. The molecule has 66 heavy (non-hydrogen) atoms. The van der Waals surface area contributed by atoms with Crippen molar-refractivity contribution in [2.75, 3.05) is 32.8 Å². The van der Waals surface area contributed by atoms with Crippen molar-refractivity contribution in [2.24, 2.45) is 11.8 Å². The smallest absolute Gasteiger partial charge is 0.410 e. The zero-order valence-electron chi connectivity index (χ0n) is 39.4. The Morgan fingerprint density at radius 1 is 0.939 bits per heavy atom. The van der Waals surface area contributed by atoms with Crippen molar-refractivity contribution < 1.29 is 41.9 Å². The van der Waals surface area contributed by atoms with Crippen molar-refractivity contribution in [1.82, 2.24) is 39.2 Å². The van der Waals surface area contributed by atoms with Crippen LogP contribution in [0.25, 0.3) is 11.3 Å². The molecule has 2 saturated heterocycles. The van der Waals surface area contributed by atoms with Crippen LogP contribution >= 0.6 is 0 Å². The summed E-state index contributed by atoms with van der Waals surface area (Å²) < 4.78 is 52.7. The van der Waals surface area contributed by atoms with E-state index in [-0.39, 0.29) is 54.3 Å². The summed E-state index contributed by atoms with van der Waals surface area (Å²) >= 11 is 0. The summed E-state index contributed by atoms with van der Waals surface area (Å²) in [4.78, 5) is 64.1. The molecule has 0 N–H and O–H groups in total. The molecule has 354 valence electrons. The van der Waals surface area contributed by atoms with Crippen molar-refractivity contribution >= 4 is 32.1 Å². The zero-order valence-corrected chi connectivity index (χ0v) is 40.4. The normalized spacial score (nSPS) is 19.4. The Morgan fingerprint density at radius 2 is 1.62 bits per heavy atom. The van der Waals surface area contributed by atoms with Crippen LogP contribution in [0.5, 0.6) is 0 Å². The van der Waals surface area contributed by atoms with E-state index >= 15 is 9.18 Å². The maximum atomic E-state index is 15.7. The lowest BCUT2D eigenvalue weighted by Crippen LogP contribution is -2.52. The first kappa shape index (κ1) is 48.3. The Hall–Kier alpha value is -5.59. The fourth-order valence-corrected chi connectivity index (χ4v) is 9.97. The van der Waals surface area contributed by atoms with Crippen molar-refractivity contribution in [2.45, 2.75) is 116 Å². The van der Waals surface area contributed by atoms with Gasteiger partial charge in [-0.1, -0.05) is 56.3 Å². The zero-order chi connectivity index (χ0) is 47.7. The average Bonchev–Trinajstić information content (AvgIpc) is 4.06. The van der Waals surface area contributed by atoms with Gasteiger partial charge in [-0.05, 0) is 88.3 Å². The molecule has 3 unspecified atom stereocenters. The van der Waals surface area contributed by atoms with Crippen LogP contribution in [0, 0.1) is 23.5 Å². The number of carbonyl (C=O) groups is 4. The Balaban J connectivity index is 1.37. The molecule has 2 fully saturated rings. The highest BCUT2D eigenvalue weighted by molar-refractivity contribution is 6.74. The van der Waals surface area contributed by atoms with Crippen LogP contribution in [0.3, 0.4) is 0 Å². The number of benzene rings is 2. The second-order valence-corrected chi connectivity index (χ2v) is 24.9. The molecular formula is C48H62F2N8O7Si. The van der Waals surface area contributed by atoms with Crippen LogP contribution in [0.1, 0.15) is 90.5 Å². The van der Waals surface area contributed by atoms with Gasteiger partial charge in [0.2, 0.25) is 0 Å². The number of imidazole rings is 1. The third kappa shape index (κ3) is 11.0. The summed E-state index contributed by atoms with van der Waals surface area (Å²) in [6.07, 6.45) is 5.48. The maximum Gasteiger partial charge on any atom is 0.410 e. The van der Waals surface area contributed by atoms with Crippen LogP contribution in [0.2, 0.25) is 18.1 Å². The Labute approximate surface area is 386 Å². The predicted molar refractivity (Wildman–Crippen MR) is 244 cm³/mol. The Bertz CT molecular complexity index is 2420. The van der Waals surface area contributed by atoms with Crippen LogP contribution in [0.15, 0.2) is 73.1 Å². The van der Waals surface area contributed by atoms with Gasteiger partial charge in [-0.2, -0.15) is 0 Å². The summed E-state index contributed by atoms with van der Waals surface area (Å²) in [5.74, 6) is -2.67. The second-order valence-electron chi connectivity index (χ2n) is 20.1. The molecule has 0 aliphatic carbocycles. The monoisotopic (exact) mass is 928 g/mol. The van der Waals surface area contributed by atoms with Crippen LogP contribution in [-0.2, 0) is 41.4 Å². The number of hydrogen-bond donors (Lipinski definition) is 0. The Morgan fingerprint density at radius 3 is 2.27 bits per heavy atom. The molecule has 4 aromatic rings. The van der Waals surface area contributed by atoms with E-state index in [0.29, 0.717) is 44.1 Å². The molecule has 0 spiro atoms. The van der Waals surface area contributed by atoms with Gasteiger partial charge in [0.25, 0.3) is 17.7 Å². The molecular weight excluding hydrogens is 867 g/mol. The number of likely N-dealkylation sites (tertiary alicyclic amines) is 1. The molecule has 18 heteroatoms. The van der Waals surface area contributed by atoms with Crippen molar-refractivity contribution in [1.29, 1.82) is 0 Å². The highest BCUT2D eigenvalue weighted by atomic mass is 28.4. The number of ether oxygens (including phenoxy) is 2. The summed E-state index contributed by atoms with van der Waals surface area (Å²) in [5, 5.41) is 8.59. The number of carbonyl (C=O) groups excluding carboxylic acids is 4. The van der Waals surface area contributed by atoms with Gasteiger partial charge in [0.1, 0.15) is 34.9 Å². The van der Waals surface area contributed by atoms with E-state index in [0.717, 1.165) is 28.7 Å². The third-order valence-corrected chi connectivity index (χ3v) is 17.6. The highest BCUT2D eigenvalue weighted by Crippen LogP contribution is 2.42. The van der Waals surface area contributed by atoms with Crippen LogP contribution in [0.4, 0.5) is 13.6 Å². The topological polar surface area (TPSA) is 154 Å². The number of hydrogen-bond acceptors (Lipinski definition) is 10. The average molecular weight is 929 g/mol. The fourth-order valence-electron chi connectivity index (χ4n) is 8.63. The van der Waals surface area contributed by atoms with Gasteiger partial charge in [0.05, 0.1) is 30.5 Å². The van der Waals surface area contributed by atoms with Crippen molar-refractivity contribution in [3.8, 4) is 11.3 Å². The fraction of sp³-hybridized carbons (Fsp3) is 0.521. The first-order chi connectivity index (χ1) is 31.1. The minimum absolute atomic E-state index is 0.0137. The van der Waals surface area contributed by atoms with Crippen molar-refractivity contribution in [3.63, 3.8) is 0 Å². The largest absolute Gasteiger partial charge is 0.444 e. The molecule has 3 aliphatic rings. The van der Waals surface area contributed by atoms with Crippen LogP contribution < -0.4 is 0 Å². The molecule has 4 atom stereocenters. The number of halogens is 2. The van der Waals surface area contributed by atoms with E-state index in [9.17, 15) is 18.8 Å². The highest BCUT2D eigenvalue weighted by Gasteiger charge is 2.47. The summed E-state index contributed by atoms with van der Waals surface area (Å²) in [6.45, 7) is 19.1. The first-order valence-electron chi connectivity index (χ1n) is 22.6. The molecule has 0 radical (unpaired) electrons. The van der Waals surface area contributed by atoms with E-state index in [1.165, 1.54) is 12.2 Å². The lowest BCUT2D eigenvalue weighted by atomic mass is 9.88. The van der Waals surface area contributed by atoms with Gasteiger partial charge in [-0.25, -0.2) is 23.2 Å². The molecule has 0 bridgehead atoms. The number of aromatic nitrogens is 5. The molecule has 2 aromatic carbocycles. The first-order valence-corrected chi connectivity index (χ1v) is 25.5. The summed E-state index contributed by atoms with van der Waals surface area (Å²) in [5.41, 5.74) is 0.692. The van der Waals surface area contributed by atoms with E-state index in [1.807, 2.05) is 39.8 Å². The molecule has 0 saturated carbocycles. The van der Waals surface area contributed by atoms with E-state index in [1.54, 1.807) is 49.7 Å².